The summed E-state index contributed by atoms with van der Waals surface area (Å²) in [6.07, 6.45) is 2.43. The molecule has 0 unspecified atom stereocenters. The van der Waals surface area contributed by atoms with Crippen LogP contribution >= 0.6 is 11.6 Å². The van der Waals surface area contributed by atoms with E-state index in [1.54, 1.807) is 0 Å². The lowest BCUT2D eigenvalue weighted by molar-refractivity contribution is 0.492. The molecule has 1 aromatic carbocycles. The highest BCUT2D eigenvalue weighted by Gasteiger charge is 2.36. The van der Waals surface area contributed by atoms with Crippen LogP contribution in [0.3, 0.4) is 0 Å². The normalized spacial score (nSPS) is 20.1. The molecule has 1 aromatic heterocycles. The lowest BCUT2D eigenvalue weighted by Crippen LogP contribution is -2.15. The van der Waals surface area contributed by atoms with Gasteiger partial charge in [-0.2, -0.15) is 4.98 Å². The lowest BCUT2D eigenvalue weighted by Gasteiger charge is -2.19. The SMILES string of the molecule is CC1(C)C[C@H](Nc2ncnc(Cl)n2)c2ccccc21. The summed E-state index contributed by atoms with van der Waals surface area (Å²) in [5, 5.41) is 3.56. The Morgan fingerprint density at radius 3 is 2.84 bits per heavy atom. The number of hydrogen-bond donors (Lipinski definition) is 1. The quantitative estimate of drug-likeness (QED) is 0.912. The fraction of sp³-hybridized carbons (Fsp3) is 0.357. The van der Waals surface area contributed by atoms with Gasteiger partial charge in [0, 0.05) is 0 Å². The molecule has 0 fully saturated rings. The number of fused-ring (bicyclic) bond motifs is 1. The zero-order valence-corrected chi connectivity index (χ0v) is 11.6. The van der Waals surface area contributed by atoms with Crippen LogP contribution in [0.5, 0.6) is 0 Å². The average Bonchev–Trinajstić information content (AvgIpc) is 2.62. The zero-order valence-electron chi connectivity index (χ0n) is 10.9. The van der Waals surface area contributed by atoms with E-state index in [0.717, 1.165) is 6.42 Å². The van der Waals surface area contributed by atoms with E-state index in [1.165, 1.54) is 17.5 Å². The number of nitrogens with one attached hydrogen (secondary N) is 1. The molecular formula is C14H15ClN4. The van der Waals surface area contributed by atoms with Crippen molar-refractivity contribution >= 4 is 17.5 Å². The van der Waals surface area contributed by atoms with E-state index in [2.05, 4.69) is 58.4 Å². The Balaban J connectivity index is 1.92. The van der Waals surface area contributed by atoms with Crippen LogP contribution in [0.15, 0.2) is 30.6 Å². The molecule has 5 heteroatoms. The first-order valence-corrected chi connectivity index (χ1v) is 6.64. The van der Waals surface area contributed by atoms with Crippen molar-refractivity contribution in [2.45, 2.75) is 31.7 Å². The van der Waals surface area contributed by atoms with Crippen molar-refractivity contribution in [3.63, 3.8) is 0 Å². The van der Waals surface area contributed by atoms with Gasteiger partial charge in [-0.15, -0.1) is 0 Å². The van der Waals surface area contributed by atoms with Crippen molar-refractivity contribution < 1.29 is 0 Å². The number of benzene rings is 1. The van der Waals surface area contributed by atoms with Crippen LogP contribution < -0.4 is 5.32 Å². The summed E-state index contributed by atoms with van der Waals surface area (Å²) in [6, 6.07) is 8.71. The molecule has 0 amide bonds. The van der Waals surface area contributed by atoms with Gasteiger partial charge in [0.15, 0.2) is 0 Å². The summed E-state index contributed by atoms with van der Waals surface area (Å²) in [6.45, 7) is 4.52. The molecular weight excluding hydrogens is 260 g/mol. The summed E-state index contributed by atoms with van der Waals surface area (Å²) >= 11 is 5.78. The molecule has 0 aliphatic heterocycles. The van der Waals surface area contributed by atoms with Crippen molar-refractivity contribution in [2.24, 2.45) is 0 Å². The fourth-order valence-corrected chi connectivity index (χ4v) is 2.90. The third-order valence-electron chi connectivity index (χ3n) is 3.63. The van der Waals surface area contributed by atoms with Crippen LogP contribution in [0.1, 0.15) is 37.4 Å². The van der Waals surface area contributed by atoms with Crippen LogP contribution in [0.25, 0.3) is 0 Å². The highest BCUT2D eigenvalue weighted by Crippen LogP contribution is 2.45. The Labute approximate surface area is 117 Å². The van der Waals surface area contributed by atoms with Gasteiger partial charge in [0.2, 0.25) is 11.2 Å². The van der Waals surface area contributed by atoms with Crippen molar-refractivity contribution in [2.75, 3.05) is 5.32 Å². The summed E-state index contributed by atoms with van der Waals surface area (Å²) in [4.78, 5) is 12.0. The molecule has 98 valence electrons. The summed E-state index contributed by atoms with van der Waals surface area (Å²) in [5.74, 6) is 0.525. The maximum absolute atomic E-state index is 5.78. The monoisotopic (exact) mass is 274 g/mol. The highest BCUT2D eigenvalue weighted by atomic mass is 35.5. The smallest absolute Gasteiger partial charge is 0.227 e. The minimum absolute atomic E-state index is 0.158. The molecule has 1 aliphatic rings. The van der Waals surface area contributed by atoms with Gasteiger partial charge in [-0.3, -0.25) is 0 Å². The van der Waals surface area contributed by atoms with Crippen LogP contribution in [0.2, 0.25) is 5.28 Å². The predicted octanol–water partition coefficient (Wildman–Crippen LogP) is 3.36. The number of nitrogens with zero attached hydrogens (tertiary/aromatic N) is 3. The lowest BCUT2D eigenvalue weighted by atomic mass is 9.86. The Kier molecular flexibility index (Phi) is 2.90. The van der Waals surface area contributed by atoms with Gasteiger partial charge < -0.3 is 5.32 Å². The van der Waals surface area contributed by atoms with Gasteiger partial charge in [-0.05, 0) is 34.6 Å². The van der Waals surface area contributed by atoms with Gasteiger partial charge in [-0.25, -0.2) is 9.97 Å². The largest absolute Gasteiger partial charge is 0.347 e. The van der Waals surface area contributed by atoms with Gasteiger partial charge in [0.25, 0.3) is 0 Å². The molecule has 0 bridgehead atoms. The topological polar surface area (TPSA) is 50.7 Å². The summed E-state index contributed by atoms with van der Waals surface area (Å²) < 4.78 is 0. The van der Waals surface area contributed by atoms with Gasteiger partial charge in [-0.1, -0.05) is 38.1 Å². The maximum Gasteiger partial charge on any atom is 0.227 e. The minimum Gasteiger partial charge on any atom is -0.347 e. The van der Waals surface area contributed by atoms with E-state index in [1.807, 2.05) is 0 Å². The second-order valence-electron chi connectivity index (χ2n) is 5.45. The Morgan fingerprint density at radius 1 is 1.26 bits per heavy atom. The average molecular weight is 275 g/mol. The van der Waals surface area contributed by atoms with E-state index in [-0.39, 0.29) is 16.7 Å². The van der Waals surface area contributed by atoms with Crippen molar-refractivity contribution in [1.29, 1.82) is 0 Å². The van der Waals surface area contributed by atoms with Crippen LogP contribution in [0.4, 0.5) is 5.95 Å². The van der Waals surface area contributed by atoms with Gasteiger partial charge in [0.1, 0.15) is 6.33 Å². The van der Waals surface area contributed by atoms with Crippen LogP contribution in [-0.4, -0.2) is 15.0 Å². The fourth-order valence-electron chi connectivity index (χ4n) is 2.78. The van der Waals surface area contributed by atoms with Crippen molar-refractivity contribution in [3.05, 3.63) is 47.0 Å². The van der Waals surface area contributed by atoms with E-state index in [0.29, 0.717) is 5.95 Å². The molecule has 4 nitrogen and oxygen atoms in total. The molecule has 0 saturated heterocycles. The van der Waals surface area contributed by atoms with E-state index in [9.17, 15) is 0 Å². The van der Waals surface area contributed by atoms with Crippen molar-refractivity contribution in [1.82, 2.24) is 15.0 Å². The molecule has 2 aromatic rings. The van der Waals surface area contributed by atoms with Crippen LogP contribution in [0, 0.1) is 0 Å². The molecule has 0 spiro atoms. The van der Waals surface area contributed by atoms with Crippen molar-refractivity contribution in [3.8, 4) is 0 Å². The molecule has 0 radical (unpaired) electrons. The van der Waals surface area contributed by atoms with Gasteiger partial charge in [0.05, 0.1) is 6.04 Å². The standard InChI is InChI=1S/C14H15ClN4/c1-14(2)7-11(9-5-3-4-6-10(9)14)18-13-17-8-16-12(15)19-13/h3-6,8,11H,7H2,1-2H3,(H,16,17,18,19)/t11-/m0/s1. The highest BCUT2D eigenvalue weighted by molar-refractivity contribution is 6.28. The number of halogens is 1. The number of rotatable bonds is 2. The number of aromatic nitrogens is 3. The molecule has 1 aliphatic carbocycles. The van der Waals surface area contributed by atoms with E-state index >= 15 is 0 Å². The molecule has 3 rings (SSSR count). The van der Waals surface area contributed by atoms with E-state index in [4.69, 9.17) is 11.6 Å². The molecule has 1 heterocycles. The Morgan fingerprint density at radius 2 is 2.05 bits per heavy atom. The number of hydrogen-bond acceptors (Lipinski definition) is 4. The Hall–Kier alpha value is -1.68. The van der Waals surface area contributed by atoms with E-state index < -0.39 is 0 Å². The second kappa shape index (κ2) is 4.46. The van der Waals surface area contributed by atoms with Gasteiger partial charge >= 0.3 is 0 Å². The molecule has 1 N–H and O–H groups in total. The third kappa shape index (κ3) is 2.28. The molecule has 1 atom stereocenters. The maximum atomic E-state index is 5.78. The first kappa shape index (κ1) is 12.4. The first-order valence-electron chi connectivity index (χ1n) is 6.27. The van der Waals surface area contributed by atoms with Crippen LogP contribution in [-0.2, 0) is 5.41 Å². The predicted molar refractivity (Wildman–Crippen MR) is 75.3 cm³/mol. The molecule has 19 heavy (non-hydrogen) atoms. The summed E-state index contributed by atoms with van der Waals surface area (Å²) in [5.41, 5.74) is 2.85. The first-order chi connectivity index (χ1) is 9.06. The Bertz CT molecular complexity index is 612. The summed E-state index contributed by atoms with van der Waals surface area (Å²) in [7, 11) is 0. The zero-order chi connectivity index (χ0) is 13.5. The second-order valence-corrected chi connectivity index (χ2v) is 5.79. The number of anilines is 1. The minimum atomic E-state index is 0.158. The molecule has 0 saturated carbocycles. The third-order valence-corrected chi connectivity index (χ3v) is 3.81.